The third-order valence-electron chi connectivity index (χ3n) is 4.01. The maximum absolute atomic E-state index is 5.45. The number of hydrogen-bond acceptors (Lipinski definition) is 3. The van der Waals surface area contributed by atoms with Gasteiger partial charge in [0.2, 0.25) is 0 Å². The molecule has 0 radical (unpaired) electrons. The predicted octanol–water partition coefficient (Wildman–Crippen LogP) is 2.72. The van der Waals surface area contributed by atoms with Crippen LogP contribution in [0.2, 0.25) is 0 Å². The summed E-state index contributed by atoms with van der Waals surface area (Å²) in [6.07, 6.45) is 9.09. The fraction of sp³-hybridized carbons (Fsp3) is 0.667. The lowest BCUT2D eigenvalue weighted by atomic mass is 9.99. The minimum Gasteiger partial charge on any atom is -0.381 e. The Morgan fingerprint density at radius 1 is 1.11 bits per heavy atom. The molecule has 0 spiro atoms. The monoisotopic (exact) mass is 246 g/mol. The first-order valence-electron chi connectivity index (χ1n) is 7.14. The van der Waals surface area contributed by atoms with Crippen molar-refractivity contribution in [1.82, 2.24) is 4.98 Å². The Hall–Kier alpha value is -1.09. The summed E-state index contributed by atoms with van der Waals surface area (Å²) in [7, 11) is 0. The molecule has 1 saturated carbocycles. The van der Waals surface area contributed by atoms with Crippen molar-refractivity contribution in [2.45, 2.75) is 25.7 Å². The highest BCUT2D eigenvalue weighted by molar-refractivity contribution is 5.43. The molecule has 1 aliphatic heterocycles. The van der Waals surface area contributed by atoms with Crippen LogP contribution in [0.15, 0.2) is 24.5 Å². The molecule has 0 N–H and O–H groups in total. The Morgan fingerprint density at radius 2 is 1.83 bits per heavy atom. The van der Waals surface area contributed by atoms with Crippen molar-refractivity contribution in [3.05, 3.63) is 24.5 Å². The minimum absolute atomic E-state index is 0.790. The second kappa shape index (κ2) is 5.70. The van der Waals surface area contributed by atoms with E-state index >= 15 is 0 Å². The zero-order valence-corrected chi connectivity index (χ0v) is 10.9. The molecule has 3 nitrogen and oxygen atoms in total. The van der Waals surface area contributed by atoms with Crippen molar-refractivity contribution in [2.24, 2.45) is 11.8 Å². The largest absolute Gasteiger partial charge is 0.381 e. The molecule has 1 aromatic rings. The zero-order valence-electron chi connectivity index (χ0n) is 10.9. The minimum atomic E-state index is 0.790. The molecule has 3 heteroatoms. The summed E-state index contributed by atoms with van der Waals surface area (Å²) >= 11 is 0. The van der Waals surface area contributed by atoms with Crippen LogP contribution in [-0.4, -0.2) is 31.3 Å². The molecule has 3 rings (SSSR count). The Bertz CT molecular complexity index is 358. The average Bonchev–Trinajstić information content (AvgIpc) is 3.24. The van der Waals surface area contributed by atoms with Crippen LogP contribution in [0.3, 0.4) is 0 Å². The highest BCUT2D eigenvalue weighted by atomic mass is 16.5. The molecule has 0 aromatic carbocycles. The fourth-order valence-corrected chi connectivity index (χ4v) is 2.68. The standard InChI is InChI=1S/C15H22N2O/c1-2-15(10-16-7-1)17(11-13-3-4-13)12-14-5-8-18-9-6-14/h1-2,7,10,13-14H,3-6,8-9,11-12H2. The van der Waals surface area contributed by atoms with E-state index in [1.165, 1.54) is 44.5 Å². The molecule has 0 amide bonds. The summed E-state index contributed by atoms with van der Waals surface area (Å²) in [5.74, 6) is 1.71. The smallest absolute Gasteiger partial charge is 0.0552 e. The number of hydrogen-bond donors (Lipinski definition) is 0. The Morgan fingerprint density at radius 3 is 2.44 bits per heavy atom. The van der Waals surface area contributed by atoms with Gasteiger partial charge in [-0.15, -0.1) is 0 Å². The van der Waals surface area contributed by atoms with Gasteiger partial charge in [0, 0.05) is 32.5 Å². The summed E-state index contributed by atoms with van der Waals surface area (Å²) in [6.45, 7) is 4.26. The van der Waals surface area contributed by atoms with Gasteiger partial charge < -0.3 is 9.64 Å². The van der Waals surface area contributed by atoms with Crippen molar-refractivity contribution in [1.29, 1.82) is 0 Å². The van der Waals surface area contributed by atoms with E-state index < -0.39 is 0 Å². The van der Waals surface area contributed by atoms with Crippen LogP contribution in [0.4, 0.5) is 5.69 Å². The number of aromatic nitrogens is 1. The van der Waals surface area contributed by atoms with Crippen LogP contribution in [0.25, 0.3) is 0 Å². The van der Waals surface area contributed by atoms with Crippen LogP contribution < -0.4 is 4.90 Å². The third-order valence-corrected chi connectivity index (χ3v) is 4.01. The fourth-order valence-electron chi connectivity index (χ4n) is 2.68. The molecular formula is C15H22N2O. The van der Waals surface area contributed by atoms with Crippen molar-refractivity contribution in [3.63, 3.8) is 0 Å². The van der Waals surface area contributed by atoms with Crippen LogP contribution in [0.5, 0.6) is 0 Å². The van der Waals surface area contributed by atoms with Crippen LogP contribution in [-0.2, 0) is 4.74 Å². The van der Waals surface area contributed by atoms with Crippen LogP contribution in [0, 0.1) is 11.8 Å². The van der Waals surface area contributed by atoms with Crippen molar-refractivity contribution >= 4 is 5.69 Å². The first-order chi connectivity index (χ1) is 8.92. The van der Waals surface area contributed by atoms with Gasteiger partial charge in [-0.2, -0.15) is 0 Å². The van der Waals surface area contributed by atoms with Gasteiger partial charge in [-0.05, 0) is 49.7 Å². The van der Waals surface area contributed by atoms with Crippen molar-refractivity contribution in [3.8, 4) is 0 Å². The van der Waals surface area contributed by atoms with Gasteiger partial charge in [0.1, 0.15) is 0 Å². The topological polar surface area (TPSA) is 25.4 Å². The zero-order chi connectivity index (χ0) is 12.2. The normalized spacial score (nSPS) is 20.9. The molecule has 0 atom stereocenters. The number of pyridine rings is 1. The Kier molecular flexibility index (Phi) is 3.79. The molecule has 0 bridgehead atoms. The lowest BCUT2D eigenvalue weighted by molar-refractivity contribution is 0.0681. The highest BCUT2D eigenvalue weighted by Crippen LogP contribution is 2.32. The van der Waals surface area contributed by atoms with E-state index in [1.807, 2.05) is 18.5 Å². The molecule has 2 fully saturated rings. The van der Waals surface area contributed by atoms with E-state index in [-0.39, 0.29) is 0 Å². The van der Waals surface area contributed by atoms with Gasteiger partial charge in [-0.3, -0.25) is 4.98 Å². The summed E-state index contributed by atoms with van der Waals surface area (Å²) in [5.41, 5.74) is 1.29. The lowest BCUT2D eigenvalue weighted by Gasteiger charge is -2.31. The second-order valence-corrected chi connectivity index (χ2v) is 5.62. The van der Waals surface area contributed by atoms with Gasteiger partial charge in [0.15, 0.2) is 0 Å². The molecule has 1 aliphatic carbocycles. The molecule has 18 heavy (non-hydrogen) atoms. The SMILES string of the molecule is c1cncc(N(CC2CCOCC2)CC2CC2)c1. The number of nitrogens with zero attached hydrogens (tertiary/aromatic N) is 2. The highest BCUT2D eigenvalue weighted by Gasteiger charge is 2.26. The van der Waals surface area contributed by atoms with Crippen molar-refractivity contribution in [2.75, 3.05) is 31.2 Å². The van der Waals surface area contributed by atoms with E-state index in [4.69, 9.17) is 4.74 Å². The second-order valence-electron chi connectivity index (χ2n) is 5.62. The number of rotatable bonds is 5. The van der Waals surface area contributed by atoms with Gasteiger partial charge in [0.05, 0.1) is 11.9 Å². The summed E-state index contributed by atoms with van der Waals surface area (Å²) in [6, 6.07) is 4.23. The van der Waals surface area contributed by atoms with Crippen LogP contribution >= 0.6 is 0 Å². The Labute approximate surface area is 109 Å². The van der Waals surface area contributed by atoms with Gasteiger partial charge >= 0.3 is 0 Å². The van der Waals surface area contributed by atoms with Gasteiger partial charge in [0.25, 0.3) is 0 Å². The summed E-state index contributed by atoms with van der Waals surface area (Å²) in [5, 5.41) is 0. The molecule has 1 saturated heterocycles. The predicted molar refractivity (Wildman–Crippen MR) is 72.7 cm³/mol. The average molecular weight is 246 g/mol. The quantitative estimate of drug-likeness (QED) is 0.798. The van der Waals surface area contributed by atoms with E-state index in [1.54, 1.807) is 0 Å². The molecule has 1 aromatic heterocycles. The van der Waals surface area contributed by atoms with Gasteiger partial charge in [-0.25, -0.2) is 0 Å². The third kappa shape index (κ3) is 3.22. The van der Waals surface area contributed by atoms with Crippen LogP contribution in [0.1, 0.15) is 25.7 Å². The Balaban J connectivity index is 1.64. The maximum atomic E-state index is 5.45. The van der Waals surface area contributed by atoms with Gasteiger partial charge in [-0.1, -0.05) is 0 Å². The first-order valence-corrected chi connectivity index (χ1v) is 7.14. The molecule has 0 unspecified atom stereocenters. The summed E-state index contributed by atoms with van der Waals surface area (Å²) in [4.78, 5) is 6.80. The molecule has 2 heterocycles. The van der Waals surface area contributed by atoms with Crippen molar-refractivity contribution < 1.29 is 4.74 Å². The molecule has 98 valence electrons. The summed E-state index contributed by atoms with van der Waals surface area (Å²) < 4.78 is 5.45. The van der Waals surface area contributed by atoms with E-state index in [0.29, 0.717) is 0 Å². The van der Waals surface area contributed by atoms with E-state index in [0.717, 1.165) is 25.0 Å². The van der Waals surface area contributed by atoms with E-state index in [2.05, 4.69) is 16.0 Å². The lowest BCUT2D eigenvalue weighted by Crippen LogP contribution is -2.34. The van der Waals surface area contributed by atoms with E-state index in [9.17, 15) is 0 Å². The molecular weight excluding hydrogens is 224 g/mol. The molecule has 2 aliphatic rings. The number of ether oxygens (including phenoxy) is 1. The number of anilines is 1. The maximum Gasteiger partial charge on any atom is 0.0552 e. The first kappa shape index (κ1) is 12.0.